The summed E-state index contributed by atoms with van der Waals surface area (Å²) in [6.07, 6.45) is 2.14. The maximum atomic E-state index is 13.8. The van der Waals surface area contributed by atoms with Crippen LogP contribution in [0.15, 0.2) is 33.4 Å². The average molecular weight is 463 g/mol. The predicted octanol–water partition coefficient (Wildman–Crippen LogP) is 4.00. The number of anilines is 1. The second kappa shape index (κ2) is 7.42. The van der Waals surface area contributed by atoms with Crippen molar-refractivity contribution in [2.75, 3.05) is 5.32 Å². The highest BCUT2D eigenvalue weighted by Crippen LogP contribution is 2.31. The van der Waals surface area contributed by atoms with E-state index in [9.17, 15) is 32.5 Å². The number of aromatic nitrogens is 2. The number of furan rings is 1. The molecule has 0 fully saturated rings. The number of carbonyl (C=O) groups is 1. The Hall–Kier alpha value is -3.22. The van der Waals surface area contributed by atoms with Gasteiger partial charge in [0.2, 0.25) is 0 Å². The number of hydrogen-bond donors (Lipinski definition) is 1. The molecule has 28 heavy (non-hydrogen) atoms. The second-order valence-electron chi connectivity index (χ2n) is 5.32. The van der Waals surface area contributed by atoms with Gasteiger partial charge in [-0.25, -0.2) is 17.6 Å². The Kier molecular flexibility index (Phi) is 5.18. The summed E-state index contributed by atoms with van der Waals surface area (Å²) in [5, 5.41) is 16.1. The number of halogens is 5. The lowest BCUT2D eigenvalue weighted by atomic mass is 10.2. The van der Waals surface area contributed by atoms with Crippen molar-refractivity contribution in [2.24, 2.45) is 0 Å². The van der Waals surface area contributed by atoms with Crippen LogP contribution in [0.2, 0.25) is 0 Å². The SMILES string of the molecule is O=C(Nc1c(F)c(F)c(Br)c(F)c1F)c1ccc(Cn2cc([N+](=O)[O-])cn2)o1. The van der Waals surface area contributed by atoms with Gasteiger partial charge in [0.25, 0.3) is 5.91 Å². The Labute approximate surface area is 161 Å². The lowest BCUT2D eigenvalue weighted by molar-refractivity contribution is -0.385. The summed E-state index contributed by atoms with van der Waals surface area (Å²) in [6, 6.07) is 2.46. The Morgan fingerprint density at radius 3 is 2.43 bits per heavy atom. The minimum atomic E-state index is -1.80. The van der Waals surface area contributed by atoms with E-state index in [4.69, 9.17) is 4.42 Å². The molecule has 8 nitrogen and oxygen atoms in total. The quantitative estimate of drug-likeness (QED) is 0.203. The smallest absolute Gasteiger partial charge is 0.307 e. The molecule has 0 saturated heterocycles. The van der Waals surface area contributed by atoms with Crippen LogP contribution in [0.3, 0.4) is 0 Å². The molecule has 1 aromatic carbocycles. The molecular formula is C15H7BrF4N4O4. The minimum absolute atomic E-state index is 0.0780. The third kappa shape index (κ3) is 3.60. The van der Waals surface area contributed by atoms with Crippen LogP contribution >= 0.6 is 15.9 Å². The molecule has 0 aliphatic heterocycles. The fourth-order valence-electron chi connectivity index (χ4n) is 2.17. The van der Waals surface area contributed by atoms with Gasteiger partial charge in [-0.15, -0.1) is 0 Å². The highest BCUT2D eigenvalue weighted by Gasteiger charge is 2.26. The first-order valence-electron chi connectivity index (χ1n) is 7.27. The van der Waals surface area contributed by atoms with Crippen LogP contribution in [0, 0.1) is 33.4 Å². The van der Waals surface area contributed by atoms with E-state index < -0.39 is 50.0 Å². The minimum Gasteiger partial charge on any atom is -0.454 e. The Morgan fingerprint density at radius 2 is 1.86 bits per heavy atom. The molecule has 3 rings (SSSR count). The summed E-state index contributed by atoms with van der Waals surface area (Å²) in [7, 11) is 0. The van der Waals surface area contributed by atoms with Gasteiger partial charge in [-0.05, 0) is 28.1 Å². The first-order chi connectivity index (χ1) is 13.2. The predicted molar refractivity (Wildman–Crippen MR) is 88.6 cm³/mol. The van der Waals surface area contributed by atoms with E-state index in [-0.39, 0.29) is 18.0 Å². The van der Waals surface area contributed by atoms with E-state index in [0.29, 0.717) is 0 Å². The lowest BCUT2D eigenvalue weighted by Gasteiger charge is -2.09. The molecule has 0 aliphatic rings. The molecule has 0 bridgehead atoms. The van der Waals surface area contributed by atoms with Gasteiger partial charge in [-0.2, -0.15) is 5.10 Å². The highest BCUT2D eigenvalue weighted by atomic mass is 79.9. The zero-order valence-electron chi connectivity index (χ0n) is 13.4. The van der Waals surface area contributed by atoms with Crippen molar-refractivity contribution in [3.63, 3.8) is 0 Å². The molecule has 2 aromatic heterocycles. The van der Waals surface area contributed by atoms with Crippen LogP contribution in [0.4, 0.5) is 28.9 Å². The van der Waals surface area contributed by atoms with Crippen LogP contribution in [-0.2, 0) is 6.54 Å². The van der Waals surface area contributed by atoms with E-state index in [1.165, 1.54) is 6.07 Å². The molecule has 146 valence electrons. The molecule has 0 unspecified atom stereocenters. The summed E-state index contributed by atoms with van der Waals surface area (Å²) in [5.41, 5.74) is -1.57. The van der Waals surface area contributed by atoms with Crippen molar-refractivity contribution in [2.45, 2.75) is 6.54 Å². The van der Waals surface area contributed by atoms with Crippen molar-refractivity contribution >= 4 is 33.2 Å². The van der Waals surface area contributed by atoms with E-state index >= 15 is 0 Å². The topological polar surface area (TPSA) is 103 Å². The van der Waals surface area contributed by atoms with Crippen LogP contribution in [0.1, 0.15) is 16.3 Å². The molecule has 2 heterocycles. The molecule has 0 saturated carbocycles. The third-order valence-electron chi connectivity index (χ3n) is 3.48. The molecule has 0 radical (unpaired) electrons. The van der Waals surface area contributed by atoms with Gasteiger partial charge in [0, 0.05) is 0 Å². The Morgan fingerprint density at radius 1 is 1.21 bits per heavy atom. The zero-order valence-corrected chi connectivity index (χ0v) is 15.0. The van der Waals surface area contributed by atoms with Crippen molar-refractivity contribution in [3.8, 4) is 0 Å². The van der Waals surface area contributed by atoms with Gasteiger partial charge in [0.05, 0.1) is 15.9 Å². The highest BCUT2D eigenvalue weighted by molar-refractivity contribution is 9.10. The fraction of sp³-hybridized carbons (Fsp3) is 0.0667. The average Bonchev–Trinajstić information content (AvgIpc) is 3.32. The molecule has 3 aromatic rings. The van der Waals surface area contributed by atoms with Crippen LogP contribution < -0.4 is 5.32 Å². The van der Waals surface area contributed by atoms with Crippen molar-refractivity contribution in [3.05, 3.63) is 73.9 Å². The summed E-state index contributed by atoms with van der Waals surface area (Å²) in [6.45, 7) is -0.0780. The number of carbonyl (C=O) groups excluding carboxylic acids is 1. The van der Waals surface area contributed by atoms with Gasteiger partial charge in [0.1, 0.15) is 23.8 Å². The molecule has 0 spiro atoms. The second-order valence-corrected chi connectivity index (χ2v) is 6.11. The molecule has 13 heteroatoms. The maximum Gasteiger partial charge on any atom is 0.307 e. The standard InChI is InChI=1S/C15H7BrF4N4O4/c16-9-10(17)12(19)14(13(20)11(9)18)22-15(25)8-2-1-7(28-8)5-23-4-6(3-21-23)24(26)27/h1-4H,5H2,(H,22,25). The fourth-order valence-corrected chi connectivity index (χ4v) is 2.52. The Balaban J connectivity index is 1.79. The molecule has 1 amide bonds. The first kappa shape index (κ1) is 19.5. The van der Waals surface area contributed by atoms with Gasteiger partial charge in [0.15, 0.2) is 29.0 Å². The summed E-state index contributed by atoms with van der Waals surface area (Å²) >= 11 is 2.36. The zero-order chi connectivity index (χ0) is 20.6. The first-order valence-corrected chi connectivity index (χ1v) is 8.06. The molecular weight excluding hydrogens is 456 g/mol. The summed E-state index contributed by atoms with van der Waals surface area (Å²) in [4.78, 5) is 22.0. The van der Waals surface area contributed by atoms with Gasteiger partial charge in [-0.1, -0.05) is 0 Å². The van der Waals surface area contributed by atoms with Crippen LogP contribution in [-0.4, -0.2) is 20.6 Å². The number of rotatable bonds is 5. The van der Waals surface area contributed by atoms with Gasteiger partial charge >= 0.3 is 5.69 Å². The summed E-state index contributed by atoms with van der Waals surface area (Å²) in [5.74, 6) is -8.47. The van der Waals surface area contributed by atoms with Crippen molar-refractivity contribution < 1.29 is 31.7 Å². The molecule has 0 atom stereocenters. The number of nitrogens with one attached hydrogen (secondary N) is 1. The lowest BCUT2D eigenvalue weighted by Crippen LogP contribution is -2.15. The number of nitrogens with zero attached hydrogens (tertiary/aromatic N) is 3. The van der Waals surface area contributed by atoms with Crippen molar-refractivity contribution in [1.82, 2.24) is 9.78 Å². The molecule has 1 N–H and O–H groups in total. The van der Waals surface area contributed by atoms with Crippen LogP contribution in [0.5, 0.6) is 0 Å². The van der Waals surface area contributed by atoms with E-state index in [1.807, 2.05) is 0 Å². The van der Waals surface area contributed by atoms with Crippen LogP contribution in [0.25, 0.3) is 0 Å². The largest absolute Gasteiger partial charge is 0.454 e. The maximum absolute atomic E-state index is 13.8. The van der Waals surface area contributed by atoms with E-state index in [1.54, 1.807) is 5.32 Å². The van der Waals surface area contributed by atoms with Crippen molar-refractivity contribution in [1.29, 1.82) is 0 Å². The number of amides is 1. The normalized spacial score (nSPS) is 10.9. The van der Waals surface area contributed by atoms with E-state index in [2.05, 4.69) is 21.0 Å². The van der Waals surface area contributed by atoms with Gasteiger partial charge < -0.3 is 9.73 Å². The van der Waals surface area contributed by atoms with E-state index in [0.717, 1.165) is 23.1 Å². The Bertz CT molecular complexity index is 1070. The number of benzene rings is 1. The molecule has 0 aliphatic carbocycles. The number of nitro groups is 1. The van der Waals surface area contributed by atoms with Gasteiger partial charge in [-0.3, -0.25) is 19.6 Å². The monoisotopic (exact) mass is 462 g/mol. The summed E-state index contributed by atoms with van der Waals surface area (Å²) < 4.78 is 60.0. The number of hydrogen-bond acceptors (Lipinski definition) is 5. The third-order valence-corrected chi connectivity index (χ3v) is 4.18.